The topological polar surface area (TPSA) is 89.3 Å². The van der Waals surface area contributed by atoms with Crippen molar-refractivity contribution in [2.24, 2.45) is 0 Å². The average Bonchev–Trinajstić information content (AvgIpc) is 3.34. The molecular formula is C22H26N4O3. The van der Waals surface area contributed by atoms with E-state index in [-0.39, 0.29) is 17.5 Å². The van der Waals surface area contributed by atoms with Crippen LogP contribution in [0.25, 0.3) is 11.1 Å². The first-order valence-electron chi connectivity index (χ1n) is 9.91. The number of nitrogens with zero attached hydrogens (tertiary/aromatic N) is 2. The molecule has 1 saturated carbocycles. The molecular weight excluding hydrogens is 368 g/mol. The SMILES string of the molecule is CCC(NC(=O)c1c(C)oc2ncnc(NC3(C)CC3)c12)c1ccc(OC)cc1. The van der Waals surface area contributed by atoms with Crippen molar-refractivity contribution < 1.29 is 13.9 Å². The molecule has 1 atom stereocenters. The second-order valence-electron chi connectivity index (χ2n) is 7.83. The normalized spacial score (nSPS) is 15.7. The summed E-state index contributed by atoms with van der Waals surface area (Å²) < 4.78 is 11.0. The van der Waals surface area contributed by atoms with Crippen LogP contribution in [-0.4, -0.2) is 28.5 Å². The van der Waals surface area contributed by atoms with E-state index in [2.05, 4.69) is 27.5 Å². The molecule has 1 aliphatic rings. The molecule has 0 bridgehead atoms. The number of fused-ring (bicyclic) bond motifs is 1. The van der Waals surface area contributed by atoms with Crippen LogP contribution in [0.2, 0.25) is 0 Å². The van der Waals surface area contributed by atoms with Gasteiger partial charge in [-0.3, -0.25) is 4.79 Å². The highest BCUT2D eigenvalue weighted by molar-refractivity contribution is 6.10. The summed E-state index contributed by atoms with van der Waals surface area (Å²) in [6.45, 7) is 5.97. The molecule has 0 saturated heterocycles. The average molecular weight is 394 g/mol. The number of ether oxygens (including phenoxy) is 1. The Balaban J connectivity index is 1.65. The molecule has 3 aromatic rings. The van der Waals surface area contributed by atoms with Crippen molar-refractivity contribution in [1.82, 2.24) is 15.3 Å². The lowest BCUT2D eigenvalue weighted by atomic mass is 10.0. The molecule has 0 spiro atoms. The molecule has 2 aromatic heterocycles. The predicted octanol–water partition coefficient (Wildman–Crippen LogP) is 4.39. The number of hydrogen-bond donors (Lipinski definition) is 2. The summed E-state index contributed by atoms with van der Waals surface area (Å²) in [5.41, 5.74) is 1.95. The summed E-state index contributed by atoms with van der Waals surface area (Å²) in [5, 5.41) is 7.23. The quantitative estimate of drug-likeness (QED) is 0.618. The van der Waals surface area contributed by atoms with Crippen molar-refractivity contribution >= 4 is 22.8 Å². The summed E-state index contributed by atoms with van der Waals surface area (Å²) in [6, 6.07) is 7.61. The number of carbonyl (C=O) groups excluding carboxylic acids is 1. The van der Waals surface area contributed by atoms with E-state index in [0.717, 1.165) is 30.6 Å². The van der Waals surface area contributed by atoms with Gasteiger partial charge in [-0.1, -0.05) is 19.1 Å². The standard InChI is InChI=1S/C22H26N4O3/c1-5-16(14-6-8-15(28-4)9-7-14)25-20(27)17-13(2)29-21-18(17)19(23-12-24-21)26-22(3)10-11-22/h6-9,12,16H,5,10-11H2,1-4H3,(H,25,27)(H,23,24,26). The molecule has 7 nitrogen and oxygen atoms in total. The smallest absolute Gasteiger partial charge is 0.256 e. The second-order valence-corrected chi connectivity index (χ2v) is 7.83. The van der Waals surface area contributed by atoms with Gasteiger partial charge in [0.15, 0.2) is 0 Å². The van der Waals surface area contributed by atoms with Crippen LogP contribution in [0.1, 0.15) is 60.8 Å². The first-order chi connectivity index (χ1) is 13.9. The Hall–Kier alpha value is -3.09. The summed E-state index contributed by atoms with van der Waals surface area (Å²) in [6.07, 6.45) is 4.37. The minimum atomic E-state index is -0.192. The second kappa shape index (κ2) is 7.39. The number of aromatic nitrogens is 2. The van der Waals surface area contributed by atoms with Crippen molar-refractivity contribution in [3.8, 4) is 5.75 Å². The Morgan fingerprint density at radius 3 is 2.62 bits per heavy atom. The van der Waals surface area contributed by atoms with Crippen LogP contribution in [0.3, 0.4) is 0 Å². The number of benzene rings is 1. The van der Waals surface area contributed by atoms with E-state index >= 15 is 0 Å². The minimum absolute atomic E-state index is 0.0231. The van der Waals surface area contributed by atoms with E-state index in [1.165, 1.54) is 6.33 Å². The van der Waals surface area contributed by atoms with Crippen LogP contribution in [0, 0.1) is 6.92 Å². The van der Waals surface area contributed by atoms with Crippen molar-refractivity contribution in [3.05, 3.63) is 47.5 Å². The molecule has 1 aromatic carbocycles. The van der Waals surface area contributed by atoms with E-state index in [1.807, 2.05) is 31.2 Å². The lowest BCUT2D eigenvalue weighted by molar-refractivity contribution is 0.0935. The van der Waals surface area contributed by atoms with Gasteiger partial charge in [-0.25, -0.2) is 9.97 Å². The van der Waals surface area contributed by atoms with E-state index < -0.39 is 0 Å². The van der Waals surface area contributed by atoms with Crippen molar-refractivity contribution in [3.63, 3.8) is 0 Å². The third kappa shape index (κ3) is 3.77. The minimum Gasteiger partial charge on any atom is -0.497 e. The van der Waals surface area contributed by atoms with Crippen LogP contribution < -0.4 is 15.4 Å². The number of rotatable bonds is 7. The fourth-order valence-corrected chi connectivity index (χ4v) is 3.50. The maximum Gasteiger partial charge on any atom is 0.256 e. The third-order valence-electron chi connectivity index (χ3n) is 5.54. The van der Waals surface area contributed by atoms with Crippen LogP contribution in [-0.2, 0) is 0 Å². The fraction of sp³-hybridized carbons (Fsp3) is 0.409. The van der Waals surface area contributed by atoms with Gasteiger partial charge >= 0.3 is 0 Å². The zero-order chi connectivity index (χ0) is 20.6. The molecule has 7 heteroatoms. The fourth-order valence-electron chi connectivity index (χ4n) is 3.50. The first kappa shape index (κ1) is 19.2. The van der Waals surface area contributed by atoms with Gasteiger partial charge in [-0.15, -0.1) is 0 Å². The molecule has 1 aliphatic carbocycles. The molecule has 2 heterocycles. The summed E-state index contributed by atoms with van der Waals surface area (Å²) in [7, 11) is 1.64. The lowest BCUT2D eigenvalue weighted by Crippen LogP contribution is -2.28. The number of aryl methyl sites for hydroxylation is 1. The molecule has 4 rings (SSSR count). The summed E-state index contributed by atoms with van der Waals surface area (Å²) >= 11 is 0. The van der Waals surface area contributed by atoms with E-state index in [9.17, 15) is 4.79 Å². The van der Waals surface area contributed by atoms with Gasteiger partial charge in [0.2, 0.25) is 5.71 Å². The molecule has 0 aliphatic heterocycles. The maximum absolute atomic E-state index is 13.3. The van der Waals surface area contributed by atoms with Crippen LogP contribution >= 0.6 is 0 Å². The Labute approximate surface area is 169 Å². The van der Waals surface area contributed by atoms with Gasteiger partial charge in [0.25, 0.3) is 5.91 Å². The predicted molar refractivity (Wildman–Crippen MR) is 111 cm³/mol. The van der Waals surface area contributed by atoms with Gasteiger partial charge in [-0.05, 0) is 50.8 Å². The van der Waals surface area contributed by atoms with Gasteiger partial charge in [0, 0.05) is 5.54 Å². The van der Waals surface area contributed by atoms with Crippen molar-refractivity contribution in [1.29, 1.82) is 0 Å². The molecule has 2 N–H and O–H groups in total. The Kier molecular flexibility index (Phi) is 4.90. The van der Waals surface area contributed by atoms with Crippen molar-refractivity contribution in [2.45, 2.75) is 51.6 Å². The lowest BCUT2D eigenvalue weighted by Gasteiger charge is -2.18. The highest BCUT2D eigenvalue weighted by atomic mass is 16.5. The van der Waals surface area contributed by atoms with E-state index in [1.54, 1.807) is 14.0 Å². The Morgan fingerprint density at radius 1 is 1.28 bits per heavy atom. The van der Waals surface area contributed by atoms with E-state index in [4.69, 9.17) is 9.15 Å². The van der Waals surface area contributed by atoms with Gasteiger partial charge in [-0.2, -0.15) is 0 Å². The number of amides is 1. The number of methoxy groups -OCH3 is 1. The molecule has 29 heavy (non-hydrogen) atoms. The number of hydrogen-bond acceptors (Lipinski definition) is 6. The van der Waals surface area contributed by atoms with Crippen molar-refractivity contribution in [2.75, 3.05) is 12.4 Å². The zero-order valence-electron chi connectivity index (χ0n) is 17.2. The number of furan rings is 1. The van der Waals surface area contributed by atoms with Gasteiger partial charge in [0.05, 0.1) is 24.1 Å². The zero-order valence-corrected chi connectivity index (χ0v) is 17.2. The number of carbonyl (C=O) groups is 1. The molecule has 1 unspecified atom stereocenters. The van der Waals surface area contributed by atoms with Crippen LogP contribution in [0.15, 0.2) is 35.0 Å². The molecule has 1 amide bonds. The van der Waals surface area contributed by atoms with Gasteiger partial charge < -0.3 is 19.8 Å². The molecule has 0 radical (unpaired) electrons. The van der Waals surface area contributed by atoms with Gasteiger partial charge in [0.1, 0.15) is 23.7 Å². The highest BCUT2D eigenvalue weighted by Crippen LogP contribution is 2.40. The first-order valence-corrected chi connectivity index (χ1v) is 9.91. The Bertz CT molecular complexity index is 1040. The highest BCUT2D eigenvalue weighted by Gasteiger charge is 2.38. The number of nitrogens with one attached hydrogen (secondary N) is 2. The third-order valence-corrected chi connectivity index (χ3v) is 5.54. The van der Waals surface area contributed by atoms with E-state index in [0.29, 0.717) is 28.2 Å². The summed E-state index contributed by atoms with van der Waals surface area (Å²) in [5.74, 6) is 1.77. The maximum atomic E-state index is 13.3. The summed E-state index contributed by atoms with van der Waals surface area (Å²) in [4.78, 5) is 21.9. The monoisotopic (exact) mass is 394 g/mol. The van der Waals surface area contributed by atoms with Crippen LogP contribution in [0.4, 0.5) is 5.82 Å². The molecule has 1 fully saturated rings. The Morgan fingerprint density at radius 2 is 2.00 bits per heavy atom. The molecule has 152 valence electrons. The number of anilines is 1. The largest absolute Gasteiger partial charge is 0.497 e. The van der Waals surface area contributed by atoms with Crippen LogP contribution in [0.5, 0.6) is 5.75 Å².